The average molecular weight is 949 g/mol. The number of nitriles is 2. The summed E-state index contributed by atoms with van der Waals surface area (Å²) < 4.78 is 0. The van der Waals surface area contributed by atoms with Crippen LogP contribution >= 0.6 is 0 Å². The minimum absolute atomic E-state index is 0.252. The first kappa shape index (κ1) is 46.4. The second kappa shape index (κ2) is 18.6. The molecule has 0 amide bonds. The molecule has 9 aromatic carbocycles. The number of rotatable bonds is 10. The van der Waals surface area contributed by atoms with E-state index in [0.29, 0.717) is 22.5 Å². The molecule has 350 valence electrons. The molecule has 0 saturated heterocycles. The number of nitrogens with zero attached hydrogens (tertiary/aromatic N) is 6. The van der Waals surface area contributed by atoms with Gasteiger partial charge < -0.3 is 9.80 Å². The summed E-state index contributed by atoms with van der Waals surface area (Å²) in [7, 11) is 0. The van der Waals surface area contributed by atoms with E-state index in [2.05, 4.69) is 181 Å². The van der Waals surface area contributed by atoms with Gasteiger partial charge in [-0.3, -0.25) is 0 Å². The van der Waals surface area contributed by atoms with E-state index in [4.69, 9.17) is 13.1 Å². The fourth-order valence-electron chi connectivity index (χ4n) is 10.7. The highest BCUT2D eigenvalue weighted by Crippen LogP contribution is 2.53. The largest absolute Gasteiger partial charge is 0.311 e. The van der Waals surface area contributed by atoms with Gasteiger partial charge in [0.25, 0.3) is 0 Å². The lowest BCUT2D eigenvalue weighted by Gasteiger charge is -2.28. The fourth-order valence-corrected chi connectivity index (χ4v) is 10.7. The van der Waals surface area contributed by atoms with E-state index in [-0.39, 0.29) is 10.8 Å². The van der Waals surface area contributed by atoms with Crippen molar-refractivity contribution in [2.24, 2.45) is 0 Å². The second-order valence-corrected chi connectivity index (χ2v) is 19.9. The van der Waals surface area contributed by atoms with Crippen molar-refractivity contribution in [3.63, 3.8) is 0 Å². The van der Waals surface area contributed by atoms with Crippen molar-refractivity contribution in [1.82, 2.24) is 0 Å². The predicted octanol–water partition coefficient (Wildman–Crippen LogP) is 18.4. The van der Waals surface area contributed by atoms with Crippen molar-refractivity contribution in [1.29, 1.82) is 10.5 Å². The molecule has 2 aliphatic rings. The maximum Gasteiger partial charge on any atom is 0.187 e. The molecule has 0 fully saturated rings. The summed E-state index contributed by atoms with van der Waals surface area (Å²) in [6.45, 7) is 24.1. The summed E-state index contributed by atoms with van der Waals surface area (Å²) in [6.07, 6.45) is 8.75. The Hall–Kier alpha value is -9.98. The van der Waals surface area contributed by atoms with E-state index in [1.54, 1.807) is 0 Å². The van der Waals surface area contributed by atoms with Crippen molar-refractivity contribution < 1.29 is 0 Å². The van der Waals surface area contributed by atoms with Crippen LogP contribution in [0.25, 0.3) is 56.2 Å². The molecule has 0 saturated carbocycles. The highest BCUT2D eigenvalue weighted by Gasteiger charge is 2.37. The second-order valence-electron chi connectivity index (χ2n) is 19.9. The maximum absolute atomic E-state index is 9.49. The molecule has 6 heteroatoms. The number of anilines is 6. The fraction of sp³-hybridized carbons (Fsp3) is 0.0882. The first-order valence-corrected chi connectivity index (χ1v) is 24.6. The van der Waals surface area contributed by atoms with Crippen LogP contribution < -0.4 is 9.80 Å². The van der Waals surface area contributed by atoms with Gasteiger partial charge in [0.1, 0.15) is 0 Å². The minimum Gasteiger partial charge on any atom is -0.311 e. The molecule has 0 unspecified atom stereocenters. The topological polar surface area (TPSA) is 62.8 Å². The number of hydrogen-bond acceptors (Lipinski definition) is 4. The summed E-state index contributed by atoms with van der Waals surface area (Å²) in [6, 6.07) is 70.6. The lowest BCUT2D eigenvalue weighted by atomic mass is 9.81. The lowest BCUT2D eigenvalue weighted by molar-refractivity contribution is 0.660. The highest BCUT2D eigenvalue weighted by molar-refractivity contribution is 5.89. The maximum atomic E-state index is 9.49. The summed E-state index contributed by atoms with van der Waals surface area (Å²) in [5.41, 5.74) is 22.2. The Morgan fingerprint density at radius 1 is 0.351 bits per heavy atom. The van der Waals surface area contributed by atoms with Crippen LogP contribution in [0.1, 0.15) is 83.3 Å². The number of fused-ring (bicyclic) bond motifs is 6. The van der Waals surface area contributed by atoms with Crippen LogP contribution in [0.15, 0.2) is 194 Å². The molecule has 0 spiro atoms. The minimum atomic E-state index is -0.257. The molecule has 0 aliphatic heterocycles. The Morgan fingerprint density at radius 3 is 0.946 bits per heavy atom. The van der Waals surface area contributed by atoms with Gasteiger partial charge in [-0.15, -0.1) is 0 Å². The van der Waals surface area contributed by atoms with Gasteiger partial charge in [0.15, 0.2) is 11.4 Å². The Kier molecular flexibility index (Phi) is 11.7. The van der Waals surface area contributed by atoms with Crippen molar-refractivity contribution in [2.45, 2.75) is 38.5 Å². The Labute approximate surface area is 433 Å². The molecule has 11 rings (SSSR count). The van der Waals surface area contributed by atoms with Gasteiger partial charge in [-0.2, -0.15) is 10.5 Å². The predicted molar refractivity (Wildman–Crippen MR) is 304 cm³/mol. The molecule has 0 heterocycles. The third kappa shape index (κ3) is 8.38. The molecule has 0 radical (unpaired) electrons. The summed E-state index contributed by atoms with van der Waals surface area (Å²) in [4.78, 5) is 11.6. The SMILES string of the molecule is [C-]#[N+]c1ccc(N(c2ccc([N+]#[C-])cc2)c2ccc3c(c2)C(C)(C)c2cc(/C=C/c4ccc(/C=C/c5ccc6c(c5)C(C)(C)c5cc(N(c7ccc(C#N)cc7)c7ccc(C#N)cc7)ccc5-6)cc4)ccc2-3)cc1. The summed E-state index contributed by atoms with van der Waals surface area (Å²) in [5.74, 6) is 0. The van der Waals surface area contributed by atoms with Crippen LogP contribution in [0.5, 0.6) is 0 Å². The first-order chi connectivity index (χ1) is 35.9. The molecule has 2 aliphatic carbocycles. The van der Waals surface area contributed by atoms with Gasteiger partial charge in [0, 0.05) is 45.0 Å². The van der Waals surface area contributed by atoms with E-state index in [1.807, 2.05) is 97.1 Å². The van der Waals surface area contributed by atoms with Crippen LogP contribution in [0.3, 0.4) is 0 Å². The van der Waals surface area contributed by atoms with Crippen LogP contribution in [-0.2, 0) is 10.8 Å². The van der Waals surface area contributed by atoms with Crippen molar-refractivity contribution in [3.05, 3.63) is 273 Å². The molecular weight excluding hydrogens is 901 g/mol. The van der Waals surface area contributed by atoms with E-state index in [1.165, 1.54) is 44.5 Å². The van der Waals surface area contributed by atoms with Crippen molar-refractivity contribution >= 4 is 69.8 Å². The molecule has 6 nitrogen and oxygen atoms in total. The Bertz CT molecular complexity index is 3530. The van der Waals surface area contributed by atoms with Gasteiger partial charge in [-0.05, 0) is 164 Å². The van der Waals surface area contributed by atoms with Crippen LogP contribution in [0.2, 0.25) is 0 Å². The van der Waals surface area contributed by atoms with E-state index in [9.17, 15) is 10.5 Å². The molecule has 0 N–H and O–H groups in total. The standard InChI is InChI=1S/C68H48N6/c1-67(2)63-39-47(19-35-59(63)61-37-33-57(41-65(61)67)73(53-25-15-49(43-69)16-26-53)54-27-17-50(44-70)18-28-54)13-11-45-7-9-46(10-8-45)12-14-48-20-36-60-62-38-34-58(42-66(62)68(3,4)64(60)40-48)74(55-29-21-51(71-5)22-30-55)56-31-23-52(72-6)24-32-56/h7-42H,1-4H3/b13-11+,14-12+. The smallest absolute Gasteiger partial charge is 0.187 e. The van der Waals surface area contributed by atoms with Crippen LogP contribution in [-0.4, -0.2) is 0 Å². The zero-order chi connectivity index (χ0) is 51.1. The van der Waals surface area contributed by atoms with Gasteiger partial charge in [-0.25, -0.2) is 9.69 Å². The van der Waals surface area contributed by atoms with Crippen molar-refractivity contribution in [2.75, 3.05) is 9.80 Å². The quantitative estimate of drug-likeness (QED) is 0.101. The molecule has 74 heavy (non-hydrogen) atoms. The normalized spacial score (nSPS) is 13.2. The summed E-state index contributed by atoms with van der Waals surface area (Å²) in [5, 5.41) is 19.0. The molecule has 0 aromatic heterocycles. The van der Waals surface area contributed by atoms with E-state index < -0.39 is 0 Å². The lowest BCUT2D eigenvalue weighted by Crippen LogP contribution is -2.16. The third-order valence-electron chi connectivity index (χ3n) is 14.7. The van der Waals surface area contributed by atoms with E-state index in [0.717, 1.165) is 56.4 Å². The highest BCUT2D eigenvalue weighted by atomic mass is 15.1. The molecule has 0 atom stereocenters. The van der Waals surface area contributed by atoms with Gasteiger partial charge in [0.2, 0.25) is 0 Å². The Balaban J connectivity index is 0.798. The monoisotopic (exact) mass is 948 g/mol. The van der Waals surface area contributed by atoms with Gasteiger partial charge in [-0.1, -0.05) is 149 Å². The molecular formula is C68H48N6. The zero-order valence-corrected chi connectivity index (χ0v) is 41.5. The molecule has 0 bridgehead atoms. The van der Waals surface area contributed by atoms with Crippen LogP contribution in [0.4, 0.5) is 45.5 Å². The first-order valence-electron chi connectivity index (χ1n) is 24.6. The Morgan fingerprint density at radius 2 is 0.622 bits per heavy atom. The zero-order valence-electron chi connectivity index (χ0n) is 41.5. The van der Waals surface area contributed by atoms with Gasteiger partial charge in [0.05, 0.1) is 36.4 Å². The number of benzene rings is 9. The van der Waals surface area contributed by atoms with E-state index >= 15 is 0 Å². The number of hydrogen-bond donors (Lipinski definition) is 0. The molecule has 9 aromatic rings. The summed E-state index contributed by atoms with van der Waals surface area (Å²) >= 11 is 0. The van der Waals surface area contributed by atoms with Gasteiger partial charge >= 0.3 is 0 Å². The van der Waals surface area contributed by atoms with Crippen molar-refractivity contribution in [3.8, 4) is 34.4 Å². The average Bonchev–Trinajstić information content (AvgIpc) is 3.83. The van der Waals surface area contributed by atoms with Crippen LogP contribution in [0, 0.1) is 35.8 Å². The third-order valence-corrected chi connectivity index (χ3v) is 14.7.